The van der Waals surface area contributed by atoms with Crippen LogP contribution in [-0.4, -0.2) is 0 Å². The summed E-state index contributed by atoms with van der Waals surface area (Å²) in [6.07, 6.45) is 0.713. The lowest BCUT2D eigenvalue weighted by Crippen LogP contribution is -2.10. The lowest BCUT2D eigenvalue weighted by Gasteiger charge is -2.21. The van der Waals surface area contributed by atoms with E-state index >= 15 is 0 Å². The van der Waals surface area contributed by atoms with E-state index in [1.54, 1.807) is 12.1 Å². The van der Waals surface area contributed by atoms with Gasteiger partial charge in [0.05, 0.1) is 0 Å². The molecule has 0 spiro atoms. The second-order valence-corrected chi connectivity index (χ2v) is 4.71. The van der Waals surface area contributed by atoms with E-state index in [0.29, 0.717) is 6.42 Å². The molecule has 0 nitrogen and oxygen atoms in total. The zero-order valence-corrected chi connectivity index (χ0v) is 9.60. The van der Waals surface area contributed by atoms with Crippen LogP contribution in [0.15, 0.2) is 42.1 Å². The van der Waals surface area contributed by atoms with Crippen LogP contribution in [0.5, 0.6) is 0 Å². The van der Waals surface area contributed by atoms with Crippen LogP contribution in [0.1, 0.15) is 26.3 Å². The maximum atomic E-state index is 13.0. The molecule has 0 bridgehead atoms. The topological polar surface area (TPSA) is 0 Å². The van der Waals surface area contributed by atoms with Crippen molar-refractivity contribution in [3.8, 4) is 0 Å². The lowest BCUT2D eigenvalue weighted by molar-refractivity contribution is 0.492. The number of benzene rings is 1. The van der Waals surface area contributed by atoms with Gasteiger partial charge in [-0.3, -0.25) is 0 Å². The number of hydrogen-bond donors (Lipinski definition) is 0. The standard InChI is InChI=1S/C14H17F/c1-5-12(14(2,3)4)9-11-7-6-8-13(15)10-11/h6-8,10H,1,9H2,2-4H3. The highest BCUT2D eigenvalue weighted by molar-refractivity contribution is 5.24. The van der Waals surface area contributed by atoms with E-state index in [2.05, 4.69) is 33.1 Å². The Morgan fingerprint density at radius 1 is 1.40 bits per heavy atom. The molecule has 0 heterocycles. The van der Waals surface area contributed by atoms with E-state index in [1.165, 1.54) is 6.07 Å². The van der Waals surface area contributed by atoms with Gasteiger partial charge >= 0.3 is 0 Å². The first-order chi connectivity index (χ1) is 6.93. The molecule has 0 aliphatic rings. The monoisotopic (exact) mass is 204 g/mol. The molecule has 0 aliphatic heterocycles. The zero-order chi connectivity index (χ0) is 11.5. The minimum atomic E-state index is -0.190. The van der Waals surface area contributed by atoms with Crippen LogP contribution in [0, 0.1) is 11.2 Å². The minimum Gasteiger partial charge on any atom is -0.207 e. The molecule has 80 valence electrons. The van der Waals surface area contributed by atoms with Crippen molar-refractivity contribution in [2.75, 3.05) is 0 Å². The van der Waals surface area contributed by atoms with Gasteiger partial charge < -0.3 is 0 Å². The second-order valence-electron chi connectivity index (χ2n) is 4.71. The van der Waals surface area contributed by atoms with Crippen LogP contribution in [0.3, 0.4) is 0 Å². The molecular weight excluding hydrogens is 187 g/mol. The summed E-state index contributed by atoms with van der Waals surface area (Å²) in [6.45, 7) is 10.0. The fourth-order valence-corrected chi connectivity index (χ4v) is 1.44. The Labute approximate surface area is 91.1 Å². The van der Waals surface area contributed by atoms with Gasteiger partial charge in [0.25, 0.3) is 0 Å². The van der Waals surface area contributed by atoms with Crippen molar-refractivity contribution in [3.05, 3.63) is 53.5 Å². The second kappa shape index (κ2) is 4.46. The fraction of sp³-hybridized carbons (Fsp3) is 0.357. The predicted octanol–water partition coefficient (Wildman–Crippen LogP) is 4.13. The fourth-order valence-electron chi connectivity index (χ4n) is 1.44. The molecule has 0 amide bonds. The van der Waals surface area contributed by atoms with Gasteiger partial charge in [-0.25, -0.2) is 4.39 Å². The average molecular weight is 204 g/mol. The quantitative estimate of drug-likeness (QED) is 0.635. The molecular formula is C14H17F. The third kappa shape index (κ3) is 3.38. The summed E-state index contributed by atoms with van der Waals surface area (Å²) in [5, 5.41) is 0. The van der Waals surface area contributed by atoms with Crippen LogP contribution in [0.2, 0.25) is 0 Å². The third-order valence-corrected chi connectivity index (χ3v) is 2.39. The van der Waals surface area contributed by atoms with E-state index < -0.39 is 0 Å². The molecule has 1 heteroatoms. The smallest absolute Gasteiger partial charge is 0.123 e. The first kappa shape index (κ1) is 11.7. The Morgan fingerprint density at radius 3 is 2.53 bits per heavy atom. The molecule has 0 N–H and O–H groups in total. The molecule has 1 rings (SSSR count). The zero-order valence-electron chi connectivity index (χ0n) is 9.60. The van der Waals surface area contributed by atoms with Crippen LogP contribution >= 0.6 is 0 Å². The molecule has 0 atom stereocenters. The minimum absolute atomic E-state index is 0.0358. The first-order valence-electron chi connectivity index (χ1n) is 5.07. The van der Waals surface area contributed by atoms with Crippen molar-refractivity contribution >= 4 is 0 Å². The maximum absolute atomic E-state index is 13.0. The van der Waals surface area contributed by atoms with E-state index in [0.717, 1.165) is 11.1 Å². The normalized spacial score (nSPS) is 10.9. The van der Waals surface area contributed by atoms with Crippen LogP contribution < -0.4 is 0 Å². The number of allylic oxidation sites excluding steroid dienone is 1. The van der Waals surface area contributed by atoms with Gasteiger partial charge in [0.1, 0.15) is 5.82 Å². The average Bonchev–Trinajstić information content (AvgIpc) is 2.12. The van der Waals surface area contributed by atoms with Crippen LogP contribution in [-0.2, 0) is 6.42 Å². The number of hydrogen-bond acceptors (Lipinski definition) is 0. The first-order valence-corrected chi connectivity index (χ1v) is 5.07. The molecule has 0 unspecified atom stereocenters. The van der Waals surface area contributed by atoms with E-state index in [9.17, 15) is 4.39 Å². The van der Waals surface area contributed by atoms with Gasteiger partial charge in [-0.2, -0.15) is 0 Å². The third-order valence-electron chi connectivity index (χ3n) is 2.39. The van der Waals surface area contributed by atoms with Crippen molar-refractivity contribution in [3.63, 3.8) is 0 Å². The van der Waals surface area contributed by atoms with Gasteiger partial charge in [-0.1, -0.05) is 39.5 Å². The van der Waals surface area contributed by atoms with Crippen LogP contribution in [0.4, 0.5) is 4.39 Å². The van der Waals surface area contributed by atoms with E-state index in [1.807, 2.05) is 6.07 Å². The van der Waals surface area contributed by atoms with Crippen molar-refractivity contribution in [2.24, 2.45) is 5.41 Å². The largest absolute Gasteiger partial charge is 0.207 e. The summed E-state index contributed by atoms with van der Waals surface area (Å²) in [5.41, 5.74) is 5.06. The summed E-state index contributed by atoms with van der Waals surface area (Å²) < 4.78 is 13.0. The van der Waals surface area contributed by atoms with Crippen molar-refractivity contribution < 1.29 is 4.39 Å². The molecule has 0 radical (unpaired) electrons. The highest BCUT2D eigenvalue weighted by Gasteiger charge is 2.16. The summed E-state index contributed by atoms with van der Waals surface area (Å²) in [4.78, 5) is 0. The highest BCUT2D eigenvalue weighted by atomic mass is 19.1. The molecule has 15 heavy (non-hydrogen) atoms. The predicted molar refractivity (Wildman–Crippen MR) is 62.2 cm³/mol. The van der Waals surface area contributed by atoms with Gasteiger partial charge in [0, 0.05) is 6.42 Å². The van der Waals surface area contributed by atoms with E-state index in [-0.39, 0.29) is 11.2 Å². The number of halogens is 1. The van der Waals surface area contributed by atoms with Crippen LogP contribution in [0.25, 0.3) is 0 Å². The van der Waals surface area contributed by atoms with Crippen molar-refractivity contribution in [1.29, 1.82) is 0 Å². The van der Waals surface area contributed by atoms with Gasteiger partial charge in [0.2, 0.25) is 0 Å². The van der Waals surface area contributed by atoms with Crippen molar-refractivity contribution in [2.45, 2.75) is 27.2 Å². The Morgan fingerprint density at radius 2 is 2.07 bits per heavy atom. The Kier molecular flexibility index (Phi) is 3.49. The highest BCUT2D eigenvalue weighted by Crippen LogP contribution is 2.27. The molecule has 0 fully saturated rings. The lowest BCUT2D eigenvalue weighted by atomic mass is 9.83. The van der Waals surface area contributed by atoms with Gasteiger partial charge in [-0.15, -0.1) is 5.73 Å². The summed E-state index contributed by atoms with van der Waals surface area (Å²) >= 11 is 0. The summed E-state index contributed by atoms with van der Waals surface area (Å²) in [6, 6.07) is 6.67. The van der Waals surface area contributed by atoms with Gasteiger partial charge in [0.15, 0.2) is 0 Å². The molecule has 0 aromatic heterocycles. The summed E-state index contributed by atoms with van der Waals surface area (Å²) in [5.74, 6) is -0.190. The molecule has 0 saturated heterocycles. The molecule has 0 aliphatic carbocycles. The van der Waals surface area contributed by atoms with Crippen molar-refractivity contribution in [1.82, 2.24) is 0 Å². The molecule has 1 aromatic carbocycles. The summed E-state index contributed by atoms with van der Waals surface area (Å²) in [7, 11) is 0. The molecule has 1 aromatic rings. The van der Waals surface area contributed by atoms with E-state index in [4.69, 9.17) is 0 Å². The Hall–Kier alpha value is -1.33. The maximum Gasteiger partial charge on any atom is 0.123 e. The Balaban J connectivity index is 2.91. The Bertz CT molecular complexity index is 390. The number of rotatable bonds is 2. The van der Waals surface area contributed by atoms with Gasteiger partial charge in [-0.05, 0) is 28.7 Å². The SMILES string of the molecule is C=C=C(Cc1cccc(F)c1)C(C)(C)C. The molecule has 0 saturated carbocycles.